The van der Waals surface area contributed by atoms with E-state index in [-0.39, 0.29) is 5.78 Å². The van der Waals surface area contributed by atoms with Crippen LogP contribution in [0, 0.1) is 6.92 Å². The number of carbonyl (C=O) groups is 1. The van der Waals surface area contributed by atoms with Gasteiger partial charge in [0.1, 0.15) is 5.58 Å². The van der Waals surface area contributed by atoms with Crippen LogP contribution in [-0.2, 0) is 6.42 Å². The minimum absolute atomic E-state index is 0.0842. The first-order chi connectivity index (χ1) is 13.6. The highest BCUT2D eigenvalue weighted by Crippen LogP contribution is 2.29. The van der Waals surface area contributed by atoms with E-state index in [2.05, 4.69) is 51.6 Å². The van der Waals surface area contributed by atoms with E-state index < -0.39 is 0 Å². The standard InChI is InChI=1S/C24H20BrNO2/c1-16-21-15-20(26-14-13-17-7-9-19(25)10-8-17)11-12-22(21)28-24(16)23(27)18-5-3-2-4-6-18/h2-12,15,26H,13-14H2,1H3. The first-order valence-electron chi connectivity index (χ1n) is 9.23. The fourth-order valence-electron chi connectivity index (χ4n) is 3.27. The molecule has 3 nitrogen and oxygen atoms in total. The van der Waals surface area contributed by atoms with E-state index in [0.717, 1.165) is 39.7 Å². The SMILES string of the molecule is Cc1c(C(=O)c2ccccc2)oc2ccc(NCCc3ccc(Br)cc3)cc12. The predicted octanol–water partition coefficient (Wildman–Crippen LogP) is 6.39. The average Bonchev–Trinajstić information content (AvgIpc) is 3.06. The van der Waals surface area contributed by atoms with Gasteiger partial charge in [-0.1, -0.05) is 58.4 Å². The van der Waals surface area contributed by atoms with Crippen molar-refractivity contribution in [1.29, 1.82) is 0 Å². The Balaban J connectivity index is 1.51. The molecule has 140 valence electrons. The highest BCUT2D eigenvalue weighted by Gasteiger charge is 2.19. The fraction of sp³-hybridized carbons (Fsp3) is 0.125. The highest BCUT2D eigenvalue weighted by atomic mass is 79.9. The number of furan rings is 1. The van der Waals surface area contributed by atoms with E-state index in [0.29, 0.717) is 11.3 Å². The zero-order valence-corrected chi connectivity index (χ0v) is 17.1. The number of benzene rings is 3. The second-order valence-corrected chi connectivity index (χ2v) is 7.68. The topological polar surface area (TPSA) is 42.2 Å². The summed E-state index contributed by atoms with van der Waals surface area (Å²) in [4.78, 5) is 12.8. The van der Waals surface area contributed by atoms with E-state index in [1.54, 1.807) is 0 Å². The smallest absolute Gasteiger partial charge is 0.228 e. The number of anilines is 1. The number of hydrogen-bond donors (Lipinski definition) is 1. The lowest BCUT2D eigenvalue weighted by Crippen LogP contribution is -2.04. The number of nitrogens with one attached hydrogen (secondary N) is 1. The number of rotatable bonds is 6. The molecule has 0 radical (unpaired) electrons. The maximum absolute atomic E-state index is 12.8. The van der Waals surface area contributed by atoms with Crippen molar-refractivity contribution < 1.29 is 9.21 Å². The molecule has 0 fully saturated rings. The molecule has 0 amide bonds. The molecule has 4 rings (SSSR count). The molecule has 0 saturated heterocycles. The Morgan fingerprint density at radius 1 is 1.00 bits per heavy atom. The number of halogens is 1. The van der Waals surface area contributed by atoms with Gasteiger partial charge in [0.2, 0.25) is 5.78 Å². The number of aryl methyl sites for hydroxylation is 1. The third-order valence-electron chi connectivity index (χ3n) is 4.83. The molecular weight excluding hydrogens is 414 g/mol. The summed E-state index contributed by atoms with van der Waals surface area (Å²) in [5.74, 6) is 0.326. The molecule has 28 heavy (non-hydrogen) atoms. The van der Waals surface area contributed by atoms with Gasteiger partial charge in [0.05, 0.1) is 0 Å². The minimum atomic E-state index is -0.0842. The van der Waals surface area contributed by atoms with Gasteiger partial charge in [-0.2, -0.15) is 0 Å². The van der Waals surface area contributed by atoms with E-state index >= 15 is 0 Å². The van der Waals surface area contributed by atoms with Crippen LogP contribution in [0.3, 0.4) is 0 Å². The van der Waals surface area contributed by atoms with Crippen LogP contribution < -0.4 is 5.32 Å². The first-order valence-corrected chi connectivity index (χ1v) is 10.0. The van der Waals surface area contributed by atoms with E-state index in [1.807, 2.05) is 49.4 Å². The third-order valence-corrected chi connectivity index (χ3v) is 5.36. The molecule has 0 aliphatic carbocycles. The Morgan fingerprint density at radius 2 is 1.75 bits per heavy atom. The quantitative estimate of drug-likeness (QED) is 0.358. The van der Waals surface area contributed by atoms with Crippen molar-refractivity contribution in [2.75, 3.05) is 11.9 Å². The van der Waals surface area contributed by atoms with Gasteiger partial charge in [-0.3, -0.25) is 4.79 Å². The van der Waals surface area contributed by atoms with E-state index in [1.165, 1.54) is 5.56 Å². The lowest BCUT2D eigenvalue weighted by molar-refractivity contribution is 0.101. The second kappa shape index (κ2) is 8.03. The van der Waals surface area contributed by atoms with Crippen molar-refractivity contribution in [2.24, 2.45) is 0 Å². The molecule has 0 unspecified atom stereocenters. The summed E-state index contributed by atoms with van der Waals surface area (Å²) in [6, 6.07) is 23.6. The average molecular weight is 434 g/mol. The van der Waals surface area contributed by atoms with Gasteiger partial charge in [-0.05, 0) is 49.2 Å². The Morgan fingerprint density at radius 3 is 2.50 bits per heavy atom. The van der Waals surface area contributed by atoms with Gasteiger partial charge in [-0.25, -0.2) is 0 Å². The number of ketones is 1. The summed E-state index contributed by atoms with van der Waals surface area (Å²) in [5.41, 5.74) is 4.55. The monoisotopic (exact) mass is 433 g/mol. The van der Waals surface area contributed by atoms with Gasteiger partial charge >= 0.3 is 0 Å². The van der Waals surface area contributed by atoms with Crippen molar-refractivity contribution in [3.05, 3.63) is 99.7 Å². The predicted molar refractivity (Wildman–Crippen MR) is 117 cm³/mol. The van der Waals surface area contributed by atoms with Crippen molar-refractivity contribution in [1.82, 2.24) is 0 Å². The summed E-state index contributed by atoms with van der Waals surface area (Å²) in [6.07, 6.45) is 0.938. The summed E-state index contributed by atoms with van der Waals surface area (Å²) in [6.45, 7) is 2.77. The molecule has 1 heterocycles. The second-order valence-electron chi connectivity index (χ2n) is 6.77. The number of fused-ring (bicyclic) bond motifs is 1. The third kappa shape index (κ3) is 3.87. The molecule has 1 aromatic heterocycles. The molecule has 1 N–H and O–H groups in total. The molecule has 0 aliphatic heterocycles. The largest absolute Gasteiger partial charge is 0.452 e. The zero-order valence-electron chi connectivity index (χ0n) is 15.5. The van der Waals surface area contributed by atoms with Gasteiger partial charge in [0, 0.05) is 33.2 Å². The van der Waals surface area contributed by atoms with Crippen LogP contribution >= 0.6 is 15.9 Å². The normalized spacial score (nSPS) is 10.9. The molecular formula is C24H20BrNO2. The van der Waals surface area contributed by atoms with Crippen molar-refractivity contribution in [3.63, 3.8) is 0 Å². The Labute approximate surface area is 172 Å². The molecule has 4 aromatic rings. The van der Waals surface area contributed by atoms with Crippen LogP contribution in [0.1, 0.15) is 27.2 Å². The molecule has 0 aliphatic rings. The highest BCUT2D eigenvalue weighted by molar-refractivity contribution is 9.10. The van der Waals surface area contributed by atoms with Crippen molar-refractivity contribution >= 4 is 38.4 Å². The van der Waals surface area contributed by atoms with Crippen LogP contribution in [0.25, 0.3) is 11.0 Å². The van der Waals surface area contributed by atoms with Crippen molar-refractivity contribution in [3.8, 4) is 0 Å². The molecule has 0 saturated carbocycles. The van der Waals surface area contributed by atoms with Gasteiger partial charge in [0.15, 0.2) is 5.76 Å². The maximum atomic E-state index is 12.8. The lowest BCUT2D eigenvalue weighted by atomic mass is 10.0. The van der Waals surface area contributed by atoms with Crippen LogP contribution in [0.15, 0.2) is 81.7 Å². The van der Waals surface area contributed by atoms with Crippen molar-refractivity contribution in [2.45, 2.75) is 13.3 Å². The number of carbonyl (C=O) groups excluding carboxylic acids is 1. The molecule has 0 spiro atoms. The minimum Gasteiger partial charge on any atom is -0.452 e. The molecule has 0 bridgehead atoms. The summed E-state index contributed by atoms with van der Waals surface area (Å²) in [5, 5.41) is 4.42. The molecule has 4 heteroatoms. The summed E-state index contributed by atoms with van der Waals surface area (Å²) >= 11 is 3.46. The Bertz CT molecular complexity index is 1110. The lowest BCUT2D eigenvalue weighted by Gasteiger charge is -2.07. The van der Waals surface area contributed by atoms with Crippen LogP contribution in [0.2, 0.25) is 0 Å². The number of hydrogen-bond acceptors (Lipinski definition) is 3. The zero-order chi connectivity index (χ0) is 19.5. The molecule has 0 atom stereocenters. The Kier molecular flexibility index (Phi) is 5.31. The first kappa shape index (κ1) is 18.5. The van der Waals surface area contributed by atoms with Crippen LogP contribution in [0.4, 0.5) is 5.69 Å². The fourth-order valence-corrected chi connectivity index (χ4v) is 3.53. The van der Waals surface area contributed by atoms with Gasteiger partial charge in [-0.15, -0.1) is 0 Å². The van der Waals surface area contributed by atoms with E-state index in [4.69, 9.17) is 4.42 Å². The van der Waals surface area contributed by atoms with Gasteiger partial charge < -0.3 is 9.73 Å². The van der Waals surface area contributed by atoms with Crippen LogP contribution in [-0.4, -0.2) is 12.3 Å². The molecule has 3 aromatic carbocycles. The van der Waals surface area contributed by atoms with E-state index in [9.17, 15) is 4.79 Å². The van der Waals surface area contributed by atoms with Gasteiger partial charge in [0.25, 0.3) is 0 Å². The van der Waals surface area contributed by atoms with Crippen LogP contribution in [0.5, 0.6) is 0 Å². The summed E-state index contributed by atoms with van der Waals surface area (Å²) in [7, 11) is 0. The summed E-state index contributed by atoms with van der Waals surface area (Å²) < 4.78 is 6.96. The maximum Gasteiger partial charge on any atom is 0.228 e. The Hall–Kier alpha value is -2.85.